The van der Waals surface area contributed by atoms with Crippen LogP contribution in [0.5, 0.6) is 0 Å². The van der Waals surface area contributed by atoms with Crippen LogP contribution in [-0.4, -0.2) is 18.3 Å². The Morgan fingerprint density at radius 2 is 1.50 bits per heavy atom. The quantitative estimate of drug-likeness (QED) is 0.215. The van der Waals surface area contributed by atoms with Gasteiger partial charge in [0.2, 0.25) is 0 Å². The number of fused-ring (bicyclic) bond motifs is 7. The molecule has 4 heteroatoms. The first-order valence-electron chi connectivity index (χ1n) is 15.9. The lowest BCUT2D eigenvalue weighted by Gasteiger charge is -2.29. The van der Waals surface area contributed by atoms with Crippen molar-refractivity contribution in [2.45, 2.75) is 12.5 Å². The summed E-state index contributed by atoms with van der Waals surface area (Å²) < 4.78 is 1.30. The molecule has 9 rings (SSSR count). The second-order valence-corrected chi connectivity index (χ2v) is 12.9. The topological polar surface area (TPSA) is 27.6 Å². The summed E-state index contributed by atoms with van der Waals surface area (Å²) in [5, 5.41) is 7.03. The van der Waals surface area contributed by atoms with Crippen LogP contribution in [0, 0.1) is 0 Å². The van der Waals surface area contributed by atoms with E-state index in [1.54, 1.807) is 11.3 Å². The maximum Gasteiger partial charge on any atom is 0.0869 e. The molecule has 5 aromatic carbocycles. The summed E-state index contributed by atoms with van der Waals surface area (Å²) in [6.45, 7) is 0.845. The van der Waals surface area contributed by atoms with Gasteiger partial charge >= 0.3 is 0 Å². The van der Waals surface area contributed by atoms with E-state index in [-0.39, 0.29) is 6.04 Å². The van der Waals surface area contributed by atoms with E-state index in [4.69, 9.17) is 4.99 Å². The maximum absolute atomic E-state index is 4.82. The first kappa shape index (κ1) is 26.9. The molecule has 4 heterocycles. The zero-order valence-corrected chi connectivity index (χ0v) is 26.0. The fourth-order valence-electron chi connectivity index (χ4n) is 7.06. The van der Waals surface area contributed by atoms with Gasteiger partial charge in [0.15, 0.2) is 0 Å². The van der Waals surface area contributed by atoms with E-state index in [1.165, 1.54) is 66.0 Å². The van der Waals surface area contributed by atoms with Crippen molar-refractivity contribution in [3.63, 3.8) is 0 Å². The van der Waals surface area contributed by atoms with Crippen molar-refractivity contribution in [1.82, 2.24) is 5.32 Å². The third kappa shape index (κ3) is 4.53. The molecule has 0 saturated heterocycles. The smallest absolute Gasteiger partial charge is 0.0869 e. The van der Waals surface area contributed by atoms with Crippen LogP contribution in [0.1, 0.15) is 12.0 Å². The second kappa shape index (κ2) is 11.2. The monoisotopic (exact) mass is 609 g/mol. The van der Waals surface area contributed by atoms with Crippen molar-refractivity contribution in [1.29, 1.82) is 0 Å². The molecule has 0 saturated carbocycles. The summed E-state index contributed by atoms with van der Waals surface area (Å²) in [5.41, 5.74) is 14.4. The minimum absolute atomic E-state index is 0.0430. The van der Waals surface area contributed by atoms with Gasteiger partial charge in [-0.05, 0) is 112 Å². The Balaban J connectivity index is 1.31. The van der Waals surface area contributed by atoms with Crippen molar-refractivity contribution in [3.8, 4) is 33.4 Å². The van der Waals surface area contributed by atoms with Crippen molar-refractivity contribution in [3.05, 3.63) is 157 Å². The minimum atomic E-state index is 0.0430. The highest BCUT2D eigenvalue weighted by molar-refractivity contribution is 7.17. The highest BCUT2D eigenvalue weighted by Crippen LogP contribution is 2.53. The molecule has 0 aliphatic carbocycles. The van der Waals surface area contributed by atoms with E-state index in [2.05, 4.69) is 161 Å². The van der Waals surface area contributed by atoms with E-state index < -0.39 is 0 Å². The zero-order chi connectivity index (χ0) is 30.5. The molecule has 3 aliphatic rings. The van der Waals surface area contributed by atoms with Crippen LogP contribution in [0.3, 0.4) is 0 Å². The number of hydrogen-bond acceptors (Lipinski definition) is 4. The Morgan fingerprint density at radius 3 is 2.37 bits per heavy atom. The van der Waals surface area contributed by atoms with E-state index in [0.717, 1.165) is 24.4 Å². The lowest BCUT2D eigenvalue weighted by Crippen LogP contribution is -2.33. The van der Waals surface area contributed by atoms with Gasteiger partial charge in [-0.1, -0.05) is 78.9 Å². The third-order valence-electron chi connectivity index (χ3n) is 9.18. The normalized spacial score (nSPS) is 16.5. The summed E-state index contributed by atoms with van der Waals surface area (Å²) in [5.74, 6) is 0. The van der Waals surface area contributed by atoms with Crippen molar-refractivity contribution < 1.29 is 0 Å². The molecule has 1 aromatic heterocycles. The Kier molecular flexibility index (Phi) is 6.53. The molecule has 220 valence electrons. The van der Waals surface area contributed by atoms with Crippen LogP contribution in [0.15, 0.2) is 156 Å². The summed E-state index contributed by atoms with van der Waals surface area (Å²) in [6.07, 6.45) is 12.0. The van der Waals surface area contributed by atoms with Crippen LogP contribution < -0.4 is 10.2 Å². The van der Waals surface area contributed by atoms with Gasteiger partial charge in [-0.2, -0.15) is 0 Å². The number of para-hydroxylation sites is 1. The molecule has 0 fully saturated rings. The number of thiophene rings is 1. The van der Waals surface area contributed by atoms with E-state index in [9.17, 15) is 0 Å². The molecular formula is C42H31N3S. The molecule has 46 heavy (non-hydrogen) atoms. The molecule has 0 amide bonds. The van der Waals surface area contributed by atoms with Crippen molar-refractivity contribution in [2.75, 3.05) is 11.4 Å². The molecule has 3 aliphatic heterocycles. The maximum atomic E-state index is 4.82. The Bertz CT molecular complexity index is 2250. The summed E-state index contributed by atoms with van der Waals surface area (Å²) in [7, 11) is 0. The molecule has 1 N–H and O–H groups in total. The van der Waals surface area contributed by atoms with Gasteiger partial charge in [-0.3, -0.25) is 4.99 Å². The molecule has 0 bridgehead atoms. The second-order valence-electron chi connectivity index (χ2n) is 11.9. The summed E-state index contributed by atoms with van der Waals surface area (Å²) in [6, 6.07) is 42.4. The summed E-state index contributed by atoms with van der Waals surface area (Å²) in [4.78, 5) is 7.30. The van der Waals surface area contributed by atoms with Gasteiger partial charge < -0.3 is 10.2 Å². The number of benzene rings is 5. The van der Waals surface area contributed by atoms with Gasteiger partial charge in [-0.25, -0.2) is 0 Å². The fourth-order valence-corrected chi connectivity index (χ4v) is 7.86. The van der Waals surface area contributed by atoms with Crippen LogP contribution in [0.25, 0.3) is 49.0 Å². The number of dihydropyridines is 2. The first-order valence-corrected chi connectivity index (χ1v) is 16.8. The summed E-state index contributed by atoms with van der Waals surface area (Å²) >= 11 is 1.80. The van der Waals surface area contributed by atoms with Crippen LogP contribution >= 0.6 is 11.3 Å². The number of rotatable bonds is 4. The molecule has 1 unspecified atom stereocenters. The standard InChI is InChI=1S/C42H31N3S/c1-2-10-28(11-3-1)30-24-31(29-19-22-44-38(27-29)37-15-8-9-21-43-37)26-32(25-30)45-39-16-7-6-13-34(39)33-12-4-5-14-35(33)42-36-20-23-46-41(36)18-17-40(42)45/h1-8,10-20,22-27,38,44H,9,21H2. The molecule has 1 atom stereocenters. The van der Waals surface area contributed by atoms with Gasteiger partial charge in [0.1, 0.15) is 0 Å². The van der Waals surface area contributed by atoms with Gasteiger partial charge in [-0.15, -0.1) is 11.3 Å². The number of aliphatic imine (C=N–C) groups is 1. The van der Waals surface area contributed by atoms with Gasteiger partial charge in [0, 0.05) is 33.4 Å². The Labute approximate surface area is 273 Å². The number of nitrogens with one attached hydrogen (secondary N) is 1. The van der Waals surface area contributed by atoms with Crippen LogP contribution in [0.4, 0.5) is 17.1 Å². The van der Waals surface area contributed by atoms with Crippen molar-refractivity contribution >= 4 is 49.8 Å². The number of allylic oxidation sites excluding steroid dienone is 2. The number of nitrogens with zero attached hydrogens (tertiary/aromatic N) is 2. The average Bonchev–Trinajstić information content (AvgIpc) is 3.57. The minimum Gasteiger partial charge on any atom is -0.379 e. The zero-order valence-electron chi connectivity index (χ0n) is 25.2. The fraction of sp³-hybridized carbons (Fsp3) is 0.0714. The largest absolute Gasteiger partial charge is 0.379 e. The predicted octanol–water partition coefficient (Wildman–Crippen LogP) is 11.0. The third-order valence-corrected chi connectivity index (χ3v) is 10.1. The van der Waals surface area contributed by atoms with E-state index in [0.29, 0.717) is 0 Å². The van der Waals surface area contributed by atoms with Crippen LogP contribution in [0.2, 0.25) is 0 Å². The molecule has 6 aromatic rings. The predicted molar refractivity (Wildman–Crippen MR) is 196 cm³/mol. The molecule has 3 nitrogen and oxygen atoms in total. The lowest BCUT2D eigenvalue weighted by atomic mass is 9.93. The molecule has 0 spiro atoms. The number of hydrogen-bond donors (Lipinski definition) is 1. The SMILES string of the molecule is C1=CC(C2C=C(c3cc(-c4ccccc4)cc(N4c5ccccc5-c5ccccc5-c5c4ccc4sccc54)c3)C=CN2)=NCC1. The van der Waals surface area contributed by atoms with Crippen LogP contribution in [-0.2, 0) is 0 Å². The molecule has 0 radical (unpaired) electrons. The van der Waals surface area contributed by atoms with Gasteiger partial charge in [0.25, 0.3) is 0 Å². The van der Waals surface area contributed by atoms with E-state index >= 15 is 0 Å². The Morgan fingerprint density at radius 1 is 0.696 bits per heavy atom. The average molecular weight is 610 g/mol. The first-order chi connectivity index (χ1) is 22.8. The van der Waals surface area contributed by atoms with E-state index in [1.807, 2.05) is 0 Å². The highest BCUT2D eigenvalue weighted by Gasteiger charge is 2.28. The lowest BCUT2D eigenvalue weighted by molar-refractivity contribution is 0.851. The number of anilines is 3. The highest BCUT2D eigenvalue weighted by atomic mass is 32.1. The van der Waals surface area contributed by atoms with Gasteiger partial charge in [0.05, 0.1) is 23.1 Å². The van der Waals surface area contributed by atoms with Crippen molar-refractivity contribution in [2.24, 2.45) is 4.99 Å². The Hall–Kier alpha value is -5.45. The molecular weight excluding hydrogens is 579 g/mol.